The summed E-state index contributed by atoms with van der Waals surface area (Å²) in [6, 6.07) is 8.76. The van der Waals surface area contributed by atoms with Crippen LogP contribution in [-0.2, 0) is 6.42 Å². The maximum Gasteiger partial charge on any atom is 0.248 e. The molecule has 0 spiro atoms. The molecule has 1 nitrogen and oxygen atoms in total. The first-order valence-electron chi connectivity index (χ1n) is 7.75. The Bertz CT molecular complexity index is 421. The molecule has 0 aliphatic heterocycles. The number of benzene rings is 1. The molecule has 20 heavy (non-hydrogen) atoms. The van der Waals surface area contributed by atoms with Crippen LogP contribution in [0.2, 0.25) is 0 Å². The van der Waals surface area contributed by atoms with Crippen LogP contribution in [0.5, 0.6) is 0 Å². The van der Waals surface area contributed by atoms with E-state index in [9.17, 15) is 8.78 Å². The van der Waals surface area contributed by atoms with E-state index in [2.05, 4.69) is 43.4 Å². The fraction of sp³-hybridized carbons (Fsp3) is 0.647. The van der Waals surface area contributed by atoms with E-state index < -0.39 is 5.92 Å². The molecule has 1 fully saturated rings. The van der Waals surface area contributed by atoms with Crippen LogP contribution in [0.3, 0.4) is 0 Å². The standard InChI is InChI=1S/C17H25F2N/c1-3-13-6-5-7-15(12-13)16(20-4-2)14-8-10-17(18,19)11-9-14/h5-7,12,14,16,20H,3-4,8-11H2,1-2H3. The van der Waals surface area contributed by atoms with E-state index in [1.807, 2.05) is 0 Å². The monoisotopic (exact) mass is 281 g/mol. The van der Waals surface area contributed by atoms with Crippen molar-refractivity contribution in [3.8, 4) is 0 Å². The van der Waals surface area contributed by atoms with Crippen LogP contribution in [0, 0.1) is 5.92 Å². The lowest BCUT2D eigenvalue weighted by Gasteiger charge is -2.34. The molecule has 1 aromatic carbocycles. The van der Waals surface area contributed by atoms with Gasteiger partial charge in [-0.05, 0) is 42.9 Å². The first-order valence-corrected chi connectivity index (χ1v) is 7.75. The summed E-state index contributed by atoms with van der Waals surface area (Å²) < 4.78 is 26.7. The Kier molecular flexibility index (Phi) is 5.14. The Morgan fingerprint density at radius 3 is 2.55 bits per heavy atom. The van der Waals surface area contributed by atoms with Gasteiger partial charge in [0.05, 0.1) is 0 Å². The van der Waals surface area contributed by atoms with Crippen molar-refractivity contribution in [2.45, 2.75) is 57.9 Å². The first-order chi connectivity index (χ1) is 9.55. The fourth-order valence-electron chi connectivity index (χ4n) is 3.18. The van der Waals surface area contributed by atoms with Gasteiger partial charge in [0.15, 0.2) is 0 Å². The number of hydrogen-bond acceptors (Lipinski definition) is 1. The average Bonchev–Trinajstić information content (AvgIpc) is 2.45. The quantitative estimate of drug-likeness (QED) is 0.823. The van der Waals surface area contributed by atoms with Crippen molar-refractivity contribution in [3.63, 3.8) is 0 Å². The lowest BCUT2D eigenvalue weighted by Crippen LogP contribution is -2.34. The summed E-state index contributed by atoms with van der Waals surface area (Å²) in [7, 11) is 0. The fourth-order valence-corrected chi connectivity index (χ4v) is 3.18. The van der Waals surface area contributed by atoms with Gasteiger partial charge in [-0.1, -0.05) is 38.1 Å². The van der Waals surface area contributed by atoms with Gasteiger partial charge in [0.25, 0.3) is 0 Å². The lowest BCUT2D eigenvalue weighted by molar-refractivity contribution is -0.0497. The molecule has 0 bridgehead atoms. The molecule has 0 amide bonds. The van der Waals surface area contributed by atoms with Crippen molar-refractivity contribution >= 4 is 0 Å². The molecule has 0 heterocycles. The van der Waals surface area contributed by atoms with Crippen molar-refractivity contribution in [3.05, 3.63) is 35.4 Å². The summed E-state index contributed by atoms with van der Waals surface area (Å²) in [4.78, 5) is 0. The summed E-state index contributed by atoms with van der Waals surface area (Å²) in [5, 5.41) is 3.50. The maximum absolute atomic E-state index is 13.3. The summed E-state index contributed by atoms with van der Waals surface area (Å²) in [6.45, 7) is 5.09. The van der Waals surface area contributed by atoms with Gasteiger partial charge in [-0.15, -0.1) is 0 Å². The highest BCUT2D eigenvalue weighted by atomic mass is 19.3. The third kappa shape index (κ3) is 3.78. The largest absolute Gasteiger partial charge is 0.310 e. The van der Waals surface area contributed by atoms with Gasteiger partial charge in [-0.25, -0.2) is 8.78 Å². The zero-order valence-corrected chi connectivity index (χ0v) is 12.5. The van der Waals surface area contributed by atoms with E-state index >= 15 is 0 Å². The normalized spacial score (nSPS) is 20.8. The maximum atomic E-state index is 13.3. The molecule has 2 rings (SSSR count). The highest BCUT2D eigenvalue weighted by Crippen LogP contribution is 2.41. The number of nitrogens with one attached hydrogen (secondary N) is 1. The molecule has 0 aromatic heterocycles. The van der Waals surface area contributed by atoms with Crippen molar-refractivity contribution < 1.29 is 8.78 Å². The van der Waals surface area contributed by atoms with Crippen molar-refractivity contribution in [2.24, 2.45) is 5.92 Å². The minimum Gasteiger partial charge on any atom is -0.310 e. The number of hydrogen-bond donors (Lipinski definition) is 1. The summed E-state index contributed by atoms with van der Waals surface area (Å²) >= 11 is 0. The smallest absolute Gasteiger partial charge is 0.248 e. The molecule has 1 saturated carbocycles. The SMILES string of the molecule is CCNC(c1cccc(CC)c1)C1CCC(F)(F)CC1. The van der Waals surface area contributed by atoms with Crippen LogP contribution in [-0.4, -0.2) is 12.5 Å². The third-order valence-electron chi connectivity index (χ3n) is 4.38. The second kappa shape index (κ2) is 6.66. The van der Waals surface area contributed by atoms with Crippen molar-refractivity contribution in [1.82, 2.24) is 5.32 Å². The Morgan fingerprint density at radius 2 is 1.95 bits per heavy atom. The van der Waals surface area contributed by atoms with Crippen LogP contribution >= 0.6 is 0 Å². The first kappa shape index (κ1) is 15.4. The molecule has 112 valence electrons. The van der Waals surface area contributed by atoms with E-state index in [0.717, 1.165) is 13.0 Å². The predicted octanol–water partition coefficient (Wildman–Crippen LogP) is 4.73. The Balaban J connectivity index is 2.14. The van der Waals surface area contributed by atoms with E-state index in [0.29, 0.717) is 18.8 Å². The van der Waals surface area contributed by atoms with Crippen LogP contribution < -0.4 is 5.32 Å². The van der Waals surface area contributed by atoms with E-state index in [4.69, 9.17) is 0 Å². The number of halogens is 2. The van der Waals surface area contributed by atoms with Crippen molar-refractivity contribution in [1.29, 1.82) is 0 Å². The van der Waals surface area contributed by atoms with Gasteiger partial charge in [0, 0.05) is 18.9 Å². The Morgan fingerprint density at radius 1 is 1.25 bits per heavy atom. The van der Waals surface area contributed by atoms with Gasteiger partial charge in [0.2, 0.25) is 5.92 Å². The molecule has 1 aliphatic carbocycles. The van der Waals surface area contributed by atoms with Gasteiger partial charge in [-0.2, -0.15) is 0 Å². The van der Waals surface area contributed by atoms with E-state index in [-0.39, 0.29) is 18.9 Å². The van der Waals surface area contributed by atoms with Gasteiger partial charge < -0.3 is 5.32 Å². The summed E-state index contributed by atoms with van der Waals surface area (Å²) in [6.07, 6.45) is 2.30. The molecular weight excluding hydrogens is 256 g/mol. The highest BCUT2D eigenvalue weighted by molar-refractivity contribution is 5.26. The van der Waals surface area contributed by atoms with Crippen molar-refractivity contribution in [2.75, 3.05) is 6.54 Å². The highest BCUT2D eigenvalue weighted by Gasteiger charge is 2.37. The Labute approximate surface area is 120 Å². The lowest BCUT2D eigenvalue weighted by atomic mass is 9.79. The predicted molar refractivity (Wildman–Crippen MR) is 79.1 cm³/mol. The van der Waals surface area contributed by atoms with E-state index in [1.54, 1.807) is 0 Å². The number of alkyl halides is 2. The molecular formula is C17H25F2N. The number of rotatable bonds is 5. The molecule has 0 radical (unpaired) electrons. The molecule has 0 saturated heterocycles. The van der Waals surface area contributed by atoms with Crippen LogP contribution in [0.15, 0.2) is 24.3 Å². The summed E-state index contributed by atoms with van der Waals surface area (Å²) in [5.74, 6) is -2.12. The van der Waals surface area contributed by atoms with Crippen LogP contribution in [0.4, 0.5) is 8.78 Å². The third-order valence-corrected chi connectivity index (χ3v) is 4.38. The average molecular weight is 281 g/mol. The van der Waals surface area contributed by atoms with Gasteiger partial charge >= 0.3 is 0 Å². The van der Waals surface area contributed by atoms with Gasteiger partial charge in [0.1, 0.15) is 0 Å². The molecule has 3 heteroatoms. The minimum atomic E-state index is -2.45. The van der Waals surface area contributed by atoms with Gasteiger partial charge in [-0.3, -0.25) is 0 Å². The number of aryl methyl sites for hydroxylation is 1. The molecule has 1 aliphatic rings. The van der Waals surface area contributed by atoms with Crippen LogP contribution in [0.1, 0.15) is 56.7 Å². The zero-order valence-electron chi connectivity index (χ0n) is 12.5. The topological polar surface area (TPSA) is 12.0 Å². The molecule has 1 N–H and O–H groups in total. The molecule has 1 unspecified atom stereocenters. The zero-order chi connectivity index (χ0) is 14.6. The molecule has 1 atom stereocenters. The Hall–Kier alpha value is -0.960. The summed E-state index contributed by atoms with van der Waals surface area (Å²) in [5.41, 5.74) is 2.56. The second-order valence-electron chi connectivity index (χ2n) is 5.83. The van der Waals surface area contributed by atoms with Crippen LogP contribution in [0.25, 0.3) is 0 Å². The second-order valence-corrected chi connectivity index (χ2v) is 5.83. The van der Waals surface area contributed by atoms with E-state index in [1.165, 1.54) is 11.1 Å². The molecule has 1 aromatic rings. The minimum absolute atomic E-state index is 0.0348.